The lowest BCUT2D eigenvalue weighted by molar-refractivity contribution is -0.0942. The minimum absolute atomic E-state index is 0.282. The largest absolute Gasteiger partial charge is 0.472 e. The highest BCUT2D eigenvalue weighted by Crippen LogP contribution is 2.24. The van der Waals surface area contributed by atoms with Gasteiger partial charge in [0.05, 0.1) is 5.52 Å². The van der Waals surface area contributed by atoms with E-state index in [0.717, 1.165) is 29.9 Å². The maximum Gasteiger partial charge on any atom is 0.472 e. The summed E-state index contributed by atoms with van der Waals surface area (Å²) in [7, 11) is 0. The number of hydrogen-bond donors (Lipinski definition) is 0. The molecule has 0 aliphatic heterocycles. The minimum Gasteiger partial charge on any atom is -0.279 e. The van der Waals surface area contributed by atoms with Crippen LogP contribution in [0.3, 0.4) is 0 Å². The number of carbonyl (C=O) groups excluding carboxylic acids is 1. The van der Waals surface area contributed by atoms with Crippen molar-refractivity contribution in [3.63, 3.8) is 0 Å². The quantitative estimate of drug-likeness (QED) is 0.772. The summed E-state index contributed by atoms with van der Waals surface area (Å²) < 4.78 is 37.9. The number of benzene rings is 1. The lowest BCUT2D eigenvalue weighted by Gasteiger charge is -2.07. The van der Waals surface area contributed by atoms with Crippen LogP contribution in [0.2, 0.25) is 0 Å². The molecule has 0 atom stereocenters. The van der Waals surface area contributed by atoms with Crippen LogP contribution in [0.1, 0.15) is 16.8 Å². The fraction of sp³-hybridized carbons (Fsp3) is 0.308. The van der Waals surface area contributed by atoms with Crippen molar-refractivity contribution in [3.8, 4) is 0 Å². The second-order valence-corrected chi connectivity index (χ2v) is 4.97. The molecule has 0 saturated carbocycles. The Morgan fingerprint density at radius 3 is 2.63 bits per heavy atom. The molecule has 0 radical (unpaired) electrons. The van der Waals surface area contributed by atoms with Crippen LogP contribution in [0.25, 0.3) is 10.9 Å². The van der Waals surface area contributed by atoms with E-state index in [4.69, 9.17) is 0 Å². The van der Waals surface area contributed by atoms with Gasteiger partial charge in [0.2, 0.25) is 0 Å². The molecule has 102 valence electrons. The van der Waals surface area contributed by atoms with Crippen molar-refractivity contribution in [2.24, 2.45) is 0 Å². The summed E-state index contributed by atoms with van der Waals surface area (Å²) in [6.45, 7) is 0. The predicted molar refractivity (Wildman–Crippen MR) is 70.7 cm³/mol. The number of aromatic nitrogens is 1. The molecule has 0 saturated heterocycles. The lowest BCUT2D eigenvalue weighted by Crippen LogP contribution is -2.28. The SMILES string of the molecule is O=C(n1ccc2cc(CCCBr)ccc21)C(F)(F)F. The van der Waals surface area contributed by atoms with Gasteiger partial charge in [-0.2, -0.15) is 13.2 Å². The van der Waals surface area contributed by atoms with Crippen molar-refractivity contribution < 1.29 is 18.0 Å². The van der Waals surface area contributed by atoms with Gasteiger partial charge in [-0.05, 0) is 36.6 Å². The zero-order chi connectivity index (χ0) is 14.0. The van der Waals surface area contributed by atoms with E-state index in [1.807, 2.05) is 6.07 Å². The Bertz CT molecular complexity index is 603. The first-order valence-corrected chi connectivity index (χ1v) is 6.83. The van der Waals surface area contributed by atoms with Crippen LogP contribution in [0.15, 0.2) is 30.5 Å². The van der Waals surface area contributed by atoms with E-state index >= 15 is 0 Å². The zero-order valence-corrected chi connectivity index (χ0v) is 11.5. The van der Waals surface area contributed by atoms with Crippen molar-refractivity contribution in [1.29, 1.82) is 0 Å². The van der Waals surface area contributed by atoms with E-state index in [1.54, 1.807) is 12.1 Å². The summed E-state index contributed by atoms with van der Waals surface area (Å²) in [6.07, 6.45) is -1.90. The monoisotopic (exact) mass is 333 g/mol. The van der Waals surface area contributed by atoms with Crippen LogP contribution in [-0.4, -0.2) is 22.0 Å². The molecular formula is C13H11BrF3NO. The number of fused-ring (bicyclic) bond motifs is 1. The van der Waals surface area contributed by atoms with Gasteiger partial charge in [0.1, 0.15) is 0 Å². The average molecular weight is 334 g/mol. The number of halogens is 4. The van der Waals surface area contributed by atoms with Gasteiger partial charge in [0.15, 0.2) is 0 Å². The van der Waals surface area contributed by atoms with Gasteiger partial charge in [0.25, 0.3) is 0 Å². The molecule has 0 spiro atoms. The summed E-state index contributed by atoms with van der Waals surface area (Å²) >= 11 is 3.33. The van der Waals surface area contributed by atoms with Crippen LogP contribution in [0.4, 0.5) is 13.2 Å². The Hall–Kier alpha value is -1.30. The van der Waals surface area contributed by atoms with E-state index in [9.17, 15) is 18.0 Å². The van der Waals surface area contributed by atoms with Crippen LogP contribution < -0.4 is 0 Å². The van der Waals surface area contributed by atoms with Crippen LogP contribution in [0, 0.1) is 0 Å². The molecule has 0 fully saturated rings. The summed E-state index contributed by atoms with van der Waals surface area (Å²) in [5.41, 5.74) is 1.33. The Kier molecular flexibility index (Phi) is 3.99. The molecule has 0 aliphatic carbocycles. The normalized spacial score (nSPS) is 12.0. The third-order valence-corrected chi connectivity index (χ3v) is 3.38. The van der Waals surface area contributed by atoms with Crippen molar-refractivity contribution in [1.82, 2.24) is 4.57 Å². The maximum absolute atomic E-state index is 12.4. The van der Waals surface area contributed by atoms with Gasteiger partial charge in [-0.3, -0.25) is 9.36 Å². The molecule has 1 heterocycles. The lowest BCUT2D eigenvalue weighted by atomic mass is 10.1. The first-order valence-electron chi connectivity index (χ1n) is 5.71. The maximum atomic E-state index is 12.4. The van der Waals surface area contributed by atoms with E-state index in [1.165, 1.54) is 6.07 Å². The standard InChI is InChI=1S/C13H11BrF3NO/c14-6-1-2-9-3-4-11-10(8-9)5-7-18(11)12(19)13(15,16)17/h3-5,7-8H,1-2,6H2. The van der Waals surface area contributed by atoms with E-state index in [2.05, 4.69) is 15.9 Å². The van der Waals surface area contributed by atoms with Gasteiger partial charge >= 0.3 is 12.1 Å². The third kappa shape index (κ3) is 3.00. The molecule has 0 amide bonds. The number of aryl methyl sites for hydroxylation is 1. The smallest absolute Gasteiger partial charge is 0.279 e. The van der Waals surface area contributed by atoms with E-state index in [-0.39, 0.29) is 5.52 Å². The Morgan fingerprint density at radius 1 is 1.26 bits per heavy atom. The van der Waals surface area contributed by atoms with Crippen molar-refractivity contribution >= 4 is 32.7 Å². The number of alkyl halides is 4. The fourth-order valence-corrected chi connectivity index (χ4v) is 2.21. The molecule has 1 aromatic carbocycles. The highest BCUT2D eigenvalue weighted by atomic mass is 79.9. The van der Waals surface area contributed by atoms with Gasteiger partial charge in [-0.1, -0.05) is 22.0 Å². The molecule has 19 heavy (non-hydrogen) atoms. The molecule has 0 bridgehead atoms. The molecule has 2 nitrogen and oxygen atoms in total. The summed E-state index contributed by atoms with van der Waals surface area (Å²) in [6, 6.07) is 6.66. The van der Waals surface area contributed by atoms with Gasteiger partial charge in [-0.15, -0.1) is 0 Å². The van der Waals surface area contributed by atoms with Crippen molar-refractivity contribution in [2.45, 2.75) is 19.0 Å². The van der Waals surface area contributed by atoms with Crippen LogP contribution in [0.5, 0.6) is 0 Å². The molecule has 0 aliphatic rings. The molecular weight excluding hydrogens is 323 g/mol. The number of nitrogens with zero attached hydrogens (tertiary/aromatic N) is 1. The first-order chi connectivity index (χ1) is 8.93. The Morgan fingerprint density at radius 2 is 2.00 bits per heavy atom. The predicted octanol–water partition coefficient (Wildman–Crippen LogP) is 4.17. The molecule has 2 aromatic rings. The molecule has 0 N–H and O–H groups in total. The topological polar surface area (TPSA) is 22.0 Å². The summed E-state index contributed by atoms with van der Waals surface area (Å²) in [5.74, 6) is -1.87. The number of rotatable bonds is 3. The highest BCUT2D eigenvalue weighted by Gasteiger charge is 2.40. The Balaban J connectivity index is 2.37. The van der Waals surface area contributed by atoms with Gasteiger partial charge in [-0.25, -0.2) is 0 Å². The molecule has 0 unspecified atom stereocenters. The van der Waals surface area contributed by atoms with Gasteiger partial charge < -0.3 is 0 Å². The minimum atomic E-state index is -4.86. The fourth-order valence-electron chi connectivity index (χ4n) is 1.93. The second kappa shape index (κ2) is 5.36. The van der Waals surface area contributed by atoms with E-state index < -0.39 is 12.1 Å². The third-order valence-electron chi connectivity index (χ3n) is 2.82. The van der Waals surface area contributed by atoms with E-state index in [0.29, 0.717) is 9.95 Å². The van der Waals surface area contributed by atoms with Crippen molar-refractivity contribution in [3.05, 3.63) is 36.0 Å². The van der Waals surface area contributed by atoms with Crippen LogP contribution >= 0.6 is 15.9 Å². The van der Waals surface area contributed by atoms with Crippen LogP contribution in [-0.2, 0) is 6.42 Å². The molecule has 2 rings (SSSR count). The number of carbonyl (C=O) groups is 1. The first kappa shape index (κ1) is 14.1. The Labute approximate surface area is 116 Å². The van der Waals surface area contributed by atoms with Gasteiger partial charge in [0, 0.05) is 16.9 Å². The summed E-state index contributed by atoms with van der Waals surface area (Å²) in [5, 5.41) is 1.52. The van der Waals surface area contributed by atoms with Crippen molar-refractivity contribution in [2.75, 3.05) is 5.33 Å². The highest BCUT2D eigenvalue weighted by molar-refractivity contribution is 9.09. The average Bonchev–Trinajstić information content (AvgIpc) is 2.77. The zero-order valence-electron chi connectivity index (χ0n) is 9.88. The number of hydrogen-bond acceptors (Lipinski definition) is 1. The summed E-state index contributed by atoms with van der Waals surface area (Å²) in [4.78, 5) is 11.2. The molecule has 1 aromatic heterocycles. The second-order valence-electron chi connectivity index (χ2n) is 4.17. The molecule has 6 heteroatoms.